The van der Waals surface area contributed by atoms with Crippen molar-refractivity contribution in [1.29, 1.82) is 0 Å². The molecular formula is C18H23N3O4. The highest BCUT2D eigenvalue weighted by atomic mass is 16.5. The molecule has 134 valence electrons. The Morgan fingerprint density at radius 2 is 2.24 bits per heavy atom. The van der Waals surface area contributed by atoms with Crippen LogP contribution in [0, 0.1) is 6.92 Å². The molecule has 0 spiro atoms. The van der Waals surface area contributed by atoms with Gasteiger partial charge in [-0.1, -0.05) is 12.1 Å². The van der Waals surface area contributed by atoms with Gasteiger partial charge in [-0.25, -0.2) is 4.98 Å². The molecule has 1 amide bonds. The van der Waals surface area contributed by atoms with Gasteiger partial charge in [0, 0.05) is 24.9 Å². The van der Waals surface area contributed by atoms with Crippen LogP contribution < -0.4 is 4.74 Å². The molecule has 2 N–H and O–H groups in total. The van der Waals surface area contributed by atoms with Gasteiger partial charge in [-0.2, -0.15) is 0 Å². The number of aromatic amines is 1. The summed E-state index contributed by atoms with van der Waals surface area (Å²) in [6.07, 6.45) is 0.573. The van der Waals surface area contributed by atoms with Crippen LogP contribution in [0.5, 0.6) is 5.75 Å². The summed E-state index contributed by atoms with van der Waals surface area (Å²) in [7, 11) is 3.23. The lowest BCUT2D eigenvalue weighted by Crippen LogP contribution is -2.38. The van der Waals surface area contributed by atoms with Gasteiger partial charge in [0.05, 0.1) is 25.9 Å². The van der Waals surface area contributed by atoms with Crippen LogP contribution in [0.2, 0.25) is 0 Å². The fourth-order valence-corrected chi connectivity index (χ4v) is 3.18. The van der Waals surface area contributed by atoms with Crippen molar-refractivity contribution in [2.24, 2.45) is 0 Å². The molecule has 0 unspecified atom stereocenters. The third-order valence-electron chi connectivity index (χ3n) is 4.61. The Kier molecular flexibility index (Phi) is 5.06. The molecule has 0 bridgehead atoms. The number of nitrogens with one attached hydrogen (secondary N) is 1. The van der Waals surface area contributed by atoms with Gasteiger partial charge >= 0.3 is 0 Å². The van der Waals surface area contributed by atoms with Crippen LogP contribution in [-0.4, -0.2) is 65.4 Å². The number of aliphatic hydroxyl groups is 1. The standard InChI is InChI=1S/C18H23N3O4/c1-11-16(18(23)21-9-15(25-3)8-13(21)10-22)20-17(19-11)12-5-4-6-14(7-12)24-2/h4-7,13,15,22H,8-10H2,1-3H3,(H,19,20)/t13-,15-/m0/s1. The van der Waals surface area contributed by atoms with Crippen LogP contribution in [-0.2, 0) is 4.74 Å². The number of aryl methyl sites for hydroxylation is 1. The minimum absolute atomic E-state index is 0.0572. The van der Waals surface area contributed by atoms with Gasteiger partial charge in [-0.15, -0.1) is 0 Å². The first kappa shape index (κ1) is 17.4. The number of methoxy groups -OCH3 is 2. The predicted molar refractivity (Wildman–Crippen MR) is 92.6 cm³/mol. The number of likely N-dealkylation sites (tertiary alicyclic amines) is 1. The second-order valence-electron chi connectivity index (χ2n) is 6.18. The number of H-pyrrole nitrogens is 1. The Balaban J connectivity index is 1.88. The smallest absolute Gasteiger partial charge is 0.274 e. The summed E-state index contributed by atoms with van der Waals surface area (Å²) < 4.78 is 10.6. The number of hydrogen-bond donors (Lipinski definition) is 2. The number of amides is 1. The highest BCUT2D eigenvalue weighted by Gasteiger charge is 2.36. The average molecular weight is 345 g/mol. The van der Waals surface area contributed by atoms with Crippen molar-refractivity contribution in [3.05, 3.63) is 35.7 Å². The third-order valence-corrected chi connectivity index (χ3v) is 4.61. The summed E-state index contributed by atoms with van der Waals surface area (Å²) in [6, 6.07) is 7.25. The van der Waals surface area contributed by atoms with Gasteiger partial charge in [-0.3, -0.25) is 4.79 Å². The van der Waals surface area contributed by atoms with E-state index in [4.69, 9.17) is 9.47 Å². The average Bonchev–Trinajstić information content (AvgIpc) is 3.24. The Morgan fingerprint density at radius 3 is 2.92 bits per heavy atom. The van der Waals surface area contributed by atoms with Crippen molar-refractivity contribution in [2.75, 3.05) is 27.4 Å². The normalized spacial score (nSPS) is 20.1. The van der Waals surface area contributed by atoms with Crippen molar-refractivity contribution in [3.63, 3.8) is 0 Å². The van der Waals surface area contributed by atoms with E-state index in [1.807, 2.05) is 31.2 Å². The number of rotatable bonds is 5. The molecule has 2 heterocycles. The first-order valence-corrected chi connectivity index (χ1v) is 8.23. The van der Waals surface area contributed by atoms with Gasteiger partial charge in [0.2, 0.25) is 0 Å². The molecule has 1 aromatic carbocycles. The second-order valence-corrected chi connectivity index (χ2v) is 6.18. The lowest BCUT2D eigenvalue weighted by molar-refractivity contribution is 0.0642. The maximum absolute atomic E-state index is 12.9. The molecule has 0 radical (unpaired) electrons. The summed E-state index contributed by atoms with van der Waals surface area (Å²) in [4.78, 5) is 22.2. The molecule has 0 aliphatic carbocycles. The molecule has 1 aliphatic rings. The zero-order chi connectivity index (χ0) is 18.0. The molecule has 2 atom stereocenters. The molecule has 2 aromatic rings. The number of benzene rings is 1. The Labute approximate surface area is 146 Å². The zero-order valence-corrected chi connectivity index (χ0v) is 14.7. The van der Waals surface area contributed by atoms with Gasteiger partial charge < -0.3 is 24.5 Å². The van der Waals surface area contributed by atoms with E-state index in [9.17, 15) is 9.90 Å². The molecule has 7 nitrogen and oxygen atoms in total. The van der Waals surface area contributed by atoms with Crippen LogP contribution in [0.1, 0.15) is 22.6 Å². The number of carbonyl (C=O) groups excluding carboxylic acids is 1. The summed E-state index contributed by atoms with van der Waals surface area (Å²) in [6.45, 7) is 2.20. The highest BCUT2D eigenvalue weighted by molar-refractivity contribution is 5.94. The SMILES string of the molecule is COc1cccc(-c2nc(C(=O)N3C[C@@H](OC)C[C@H]3CO)c(C)[nH]2)c1. The van der Waals surface area contributed by atoms with Crippen LogP contribution in [0.4, 0.5) is 0 Å². The molecule has 1 aromatic heterocycles. The van der Waals surface area contributed by atoms with E-state index in [1.165, 1.54) is 0 Å². The molecule has 1 aliphatic heterocycles. The van der Waals surface area contributed by atoms with Crippen molar-refractivity contribution in [1.82, 2.24) is 14.9 Å². The van der Waals surface area contributed by atoms with Crippen molar-refractivity contribution in [3.8, 4) is 17.1 Å². The zero-order valence-electron chi connectivity index (χ0n) is 14.7. The largest absolute Gasteiger partial charge is 0.497 e. The van der Waals surface area contributed by atoms with E-state index >= 15 is 0 Å². The van der Waals surface area contributed by atoms with E-state index in [0.717, 1.165) is 11.3 Å². The molecule has 7 heteroatoms. The van der Waals surface area contributed by atoms with Gasteiger partial charge in [0.15, 0.2) is 0 Å². The van der Waals surface area contributed by atoms with Crippen LogP contribution in [0.3, 0.4) is 0 Å². The number of ether oxygens (including phenoxy) is 2. The predicted octanol–water partition coefficient (Wildman–Crippen LogP) is 1.62. The number of aromatic nitrogens is 2. The van der Waals surface area contributed by atoms with Crippen LogP contribution in [0.25, 0.3) is 11.4 Å². The monoisotopic (exact) mass is 345 g/mol. The number of imidazole rings is 1. The van der Waals surface area contributed by atoms with Crippen molar-refractivity contribution >= 4 is 5.91 Å². The molecule has 1 saturated heterocycles. The minimum atomic E-state index is -0.242. The van der Waals surface area contributed by atoms with E-state index in [-0.39, 0.29) is 24.7 Å². The van der Waals surface area contributed by atoms with Crippen molar-refractivity contribution < 1.29 is 19.4 Å². The lowest BCUT2D eigenvalue weighted by Gasteiger charge is -2.21. The van der Waals surface area contributed by atoms with Gasteiger partial charge in [0.1, 0.15) is 17.3 Å². The fraction of sp³-hybridized carbons (Fsp3) is 0.444. The number of carbonyl (C=O) groups is 1. The maximum atomic E-state index is 12.9. The Bertz CT molecular complexity index is 759. The second kappa shape index (κ2) is 7.25. The fourth-order valence-electron chi connectivity index (χ4n) is 3.18. The van der Waals surface area contributed by atoms with E-state index in [2.05, 4.69) is 9.97 Å². The molecular weight excluding hydrogens is 322 g/mol. The summed E-state index contributed by atoms with van der Waals surface area (Å²) in [5.74, 6) is 1.14. The van der Waals surface area contributed by atoms with Gasteiger partial charge in [0.25, 0.3) is 5.91 Å². The summed E-state index contributed by atoms with van der Waals surface area (Å²) in [5, 5.41) is 9.56. The van der Waals surface area contributed by atoms with E-state index in [1.54, 1.807) is 19.1 Å². The number of hydrogen-bond acceptors (Lipinski definition) is 5. The molecule has 3 rings (SSSR count). The molecule has 1 fully saturated rings. The minimum Gasteiger partial charge on any atom is -0.497 e. The number of nitrogens with zero attached hydrogens (tertiary/aromatic N) is 2. The van der Waals surface area contributed by atoms with Crippen LogP contribution in [0.15, 0.2) is 24.3 Å². The summed E-state index contributed by atoms with van der Waals surface area (Å²) >= 11 is 0. The first-order valence-electron chi connectivity index (χ1n) is 8.23. The highest BCUT2D eigenvalue weighted by Crippen LogP contribution is 2.26. The quantitative estimate of drug-likeness (QED) is 0.860. The van der Waals surface area contributed by atoms with Crippen LogP contribution >= 0.6 is 0 Å². The number of aliphatic hydroxyl groups excluding tert-OH is 1. The van der Waals surface area contributed by atoms with E-state index < -0.39 is 0 Å². The maximum Gasteiger partial charge on any atom is 0.274 e. The summed E-state index contributed by atoms with van der Waals surface area (Å²) in [5.41, 5.74) is 1.91. The third kappa shape index (κ3) is 3.38. The topological polar surface area (TPSA) is 87.7 Å². The van der Waals surface area contributed by atoms with Crippen molar-refractivity contribution in [2.45, 2.75) is 25.5 Å². The van der Waals surface area contributed by atoms with Gasteiger partial charge in [-0.05, 0) is 25.5 Å². The van der Waals surface area contributed by atoms with E-state index in [0.29, 0.717) is 30.2 Å². The Hall–Kier alpha value is -2.38. The lowest BCUT2D eigenvalue weighted by atomic mass is 10.2. The first-order chi connectivity index (χ1) is 12.1. The Morgan fingerprint density at radius 1 is 1.44 bits per heavy atom. The molecule has 0 saturated carbocycles. The molecule has 25 heavy (non-hydrogen) atoms.